The van der Waals surface area contributed by atoms with Gasteiger partial charge in [-0.2, -0.15) is 11.8 Å². The average Bonchev–Trinajstić information content (AvgIpc) is 2.18. The van der Waals surface area contributed by atoms with E-state index in [0.717, 1.165) is 11.6 Å². The van der Waals surface area contributed by atoms with Crippen molar-refractivity contribution in [2.45, 2.75) is 13.0 Å². The van der Waals surface area contributed by atoms with Gasteiger partial charge in [-0.3, -0.25) is 4.98 Å². The second kappa shape index (κ2) is 5.66. The number of hydrazine groups is 1. The highest BCUT2D eigenvalue weighted by Crippen LogP contribution is 2.08. The Morgan fingerprint density at radius 3 is 2.86 bits per heavy atom. The molecule has 0 aliphatic carbocycles. The quantitative estimate of drug-likeness (QED) is 0.499. The van der Waals surface area contributed by atoms with Crippen LogP contribution in [0.2, 0.25) is 0 Å². The van der Waals surface area contributed by atoms with Crippen molar-refractivity contribution in [2.24, 2.45) is 5.84 Å². The van der Waals surface area contributed by atoms with Gasteiger partial charge in [-0.05, 0) is 13.2 Å². The minimum Gasteiger partial charge on any atom is -0.365 e. The van der Waals surface area contributed by atoms with Gasteiger partial charge in [-0.1, -0.05) is 0 Å². The van der Waals surface area contributed by atoms with E-state index in [-0.39, 0.29) is 0 Å². The molecule has 1 aromatic rings. The fourth-order valence-corrected chi connectivity index (χ4v) is 1.63. The van der Waals surface area contributed by atoms with Crippen molar-refractivity contribution in [3.63, 3.8) is 0 Å². The lowest BCUT2D eigenvalue weighted by atomic mass is 10.4. The lowest BCUT2D eigenvalue weighted by Gasteiger charge is -2.12. The van der Waals surface area contributed by atoms with Crippen LogP contribution >= 0.6 is 11.8 Å². The van der Waals surface area contributed by atoms with Crippen molar-refractivity contribution in [1.82, 2.24) is 9.97 Å². The highest BCUT2D eigenvalue weighted by atomic mass is 32.2. The molecule has 0 aliphatic rings. The SMILES string of the molecule is CSCC(C)Nc1cncc(NN)n1. The summed E-state index contributed by atoms with van der Waals surface area (Å²) >= 11 is 1.79. The maximum atomic E-state index is 5.22. The zero-order valence-corrected chi connectivity index (χ0v) is 9.14. The second-order valence-corrected chi connectivity index (χ2v) is 3.85. The Morgan fingerprint density at radius 2 is 2.21 bits per heavy atom. The third-order valence-electron chi connectivity index (χ3n) is 1.59. The molecule has 4 N–H and O–H groups in total. The fraction of sp³-hybridized carbons (Fsp3) is 0.500. The number of anilines is 2. The van der Waals surface area contributed by atoms with Crippen LogP contribution in [0.1, 0.15) is 6.92 Å². The van der Waals surface area contributed by atoms with Gasteiger partial charge in [0.25, 0.3) is 0 Å². The van der Waals surface area contributed by atoms with Crippen LogP contribution in [-0.4, -0.2) is 28.0 Å². The van der Waals surface area contributed by atoms with E-state index in [0.29, 0.717) is 11.9 Å². The molecule has 0 saturated heterocycles. The van der Waals surface area contributed by atoms with Crippen LogP contribution in [0, 0.1) is 0 Å². The number of aromatic nitrogens is 2. The zero-order valence-electron chi connectivity index (χ0n) is 8.32. The predicted molar refractivity (Wildman–Crippen MR) is 61.3 cm³/mol. The van der Waals surface area contributed by atoms with Crippen LogP contribution in [0.15, 0.2) is 12.4 Å². The number of hydrogen-bond donors (Lipinski definition) is 3. The summed E-state index contributed by atoms with van der Waals surface area (Å²) in [7, 11) is 0. The number of nitrogens with two attached hydrogens (primary N) is 1. The van der Waals surface area contributed by atoms with Gasteiger partial charge in [0.1, 0.15) is 5.82 Å². The maximum Gasteiger partial charge on any atom is 0.160 e. The molecule has 0 radical (unpaired) electrons. The van der Waals surface area contributed by atoms with E-state index in [4.69, 9.17) is 5.84 Å². The second-order valence-electron chi connectivity index (χ2n) is 2.93. The first-order valence-corrected chi connectivity index (χ1v) is 5.69. The van der Waals surface area contributed by atoms with Crippen molar-refractivity contribution < 1.29 is 0 Å². The van der Waals surface area contributed by atoms with Gasteiger partial charge in [0.05, 0.1) is 12.4 Å². The van der Waals surface area contributed by atoms with Gasteiger partial charge in [0.2, 0.25) is 0 Å². The highest BCUT2D eigenvalue weighted by Gasteiger charge is 2.02. The summed E-state index contributed by atoms with van der Waals surface area (Å²) in [5.74, 6) is 7.55. The number of thioether (sulfide) groups is 1. The molecule has 0 aliphatic heterocycles. The average molecular weight is 213 g/mol. The van der Waals surface area contributed by atoms with Crippen molar-refractivity contribution in [3.05, 3.63) is 12.4 Å². The lowest BCUT2D eigenvalue weighted by Crippen LogP contribution is -2.19. The number of nitrogen functional groups attached to an aromatic ring is 1. The number of hydrogen-bond acceptors (Lipinski definition) is 6. The summed E-state index contributed by atoms with van der Waals surface area (Å²) in [6, 6.07) is 0.368. The van der Waals surface area contributed by atoms with E-state index in [1.807, 2.05) is 0 Å². The fourth-order valence-electron chi connectivity index (χ4n) is 1.05. The number of rotatable bonds is 5. The Hall–Kier alpha value is -1.01. The molecule has 1 atom stereocenters. The highest BCUT2D eigenvalue weighted by molar-refractivity contribution is 7.98. The molecule has 0 amide bonds. The number of nitrogens with zero attached hydrogens (tertiary/aromatic N) is 2. The van der Waals surface area contributed by atoms with Crippen LogP contribution in [0.25, 0.3) is 0 Å². The normalized spacial score (nSPS) is 12.2. The Bertz CT molecular complexity index is 280. The van der Waals surface area contributed by atoms with Gasteiger partial charge in [0.15, 0.2) is 5.82 Å². The van der Waals surface area contributed by atoms with Crippen LogP contribution in [-0.2, 0) is 0 Å². The van der Waals surface area contributed by atoms with Gasteiger partial charge >= 0.3 is 0 Å². The molecule has 78 valence electrons. The summed E-state index contributed by atoms with van der Waals surface area (Å²) < 4.78 is 0. The summed E-state index contributed by atoms with van der Waals surface area (Å²) in [5.41, 5.74) is 2.45. The van der Waals surface area contributed by atoms with E-state index in [1.54, 1.807) is 24.2 Å². The van der Waals surface area contributed by atoms with E-state index >= 15 is 0 Å². The molecule has 0 saturated carbocycles. The zero-order chi connectivity index (χ0) is 10.4. The van der Waals surface area contributed by atoms with Crippen molar-refractivity contribution in [3.8, 4) is 0 Å². The molecule has 0 spiro atoms. The molecular weight excluding hydrogens is 198 g/mol. The first kappa shape index (κ1) is 11.1. The third-order valence-corrected chi connectivity index (χ3v) is 2.43. The lowest BCUT2D eigenvalue weighted by molar-refractivity contribution is 0.899. The van der Waals surface area contributed by atoms with Crippen LogP contribution in [0.3, 0.4) is 0 Å². The Morgan fingerprint density at radius 1 is 1.50 bits per heavy atom. The van der Waals surface area contributed by atoms with Crippen molar-refractivity contribution >= 4 is 23.4 Å². The molecule has 1 unspecified atom stereocenters. The van der Waals surface area contributed by atoms with E-state index in [2.05, 4.69) is 33.9 Å². The van der Waals surface area contributed by atoms with Gasteiger partial charge in [-0.25, -0.2) is 10.8 Å². The van der Waals surface area contributed by atoms with E-state index in [9.17, 15) is 0 Å². The first-order valence-electron chi connectivity index (χ1n) is 4.30. The van der Waals surface area contributed by atoms with Gasteiger partial charge < -0.3 is 10.7 Å². The van der Waals surface area contributed by atoms with Gasteiger partial charge in [0, 0.05) is 11.8 Å². The molecular formula is C8H15N5S. The molecule has 14 heavy (non-hydrogen) atoms. The van der Waals surface area contributed by atoms with E-state index in [1.165, 1.54) is 0 Å². The standard InChI is InChI=1S/C8H15N5S/c1-6(5-14-2)11-7-3-10-4-8(12-7)13-9/h3-4,6H,5,9H2,1-2H3,(H2,11,12,13). The maximum absolute atomic E-state index is 5.22. The topological polar surface area (TPSA) is 75.9 Å². The predicted octanol–water partition coefficient (Wildman–Crippen LogP) is 0.926. The molecule has 6 heteroatoms. The minimum atomic E-state index is 0.368. The smallest absolute Gasteiger partial charge is 0.160 e. The minimum absolute atomic E-state index is 0.368. The first-order chi connectivity index (χ1) is 6.76. The van der Waals surface area contributed by atoms with Crippen LogP contribution in [0.5, 0.6) is 0 Å². The third kappa shape index (κ3) is 3.39. The molecule has 0 bridgehead atoms. The van der Waals surface area contributed by atoms with Crippen molar-refractivity contribution in [2.75, 3.05) is 22.8 Å². The summed E-state index contributed by atoms with van der Waals surface area (Å²) in [6.45, 7) is 2.10. The largest absolute Gasteiger partial charge is 0.365 e. The van der Waals surface area contributed by atoms with Crippen LogP contribution < -0.4 is 16.6 Å². The van der Waals surface area contributed by atoms with Crippen LogP contribution in [0.4, 0.5) is 11.6 Å². The monoisotopic (exact) mass is 213 g/mol. The summed E-state index contributed by atoms with van der Waals surface area (Å²) in [4.78, 5) is 8.19. The molecule has 0 fully saturated rings. The molecule has 0 aromatic carbocycles. The summed E-state index contributed by atoms with van der Waals surface area (Å²) in [6.07, 6.45) is 5.32. The number of nitrogens with one attached hydrogen (secondary N) is 2. The molecule has 5 nitrogen and oxygen atoms in total. The van der Waals surface area contributed by atoms with Gasteiger partial charge in [-0.15, -0.1) is 0 Å². The Kier molecular flexibility index (Phi) is 4.48. The molecule has 1 rings (SSSR count). The molecule has 1 heterocycles. The van der Waals surface area contributed by atoms with Crippen molar-refractivity contribution in [1.29, 1.82) is 0 Å². The summed E-state index contributed by atoms with van der Waals surface area (Å²) in [5, 5.41) is 3.23. The molecule has 1 aromatic heterocycles. The van der Waals surface area contributed by atoms with E-state index < -0.39 is 0 Å². The Labute approximate surface area is 87.9 Å². The Balaban J connectivity index is 2.57.